The molecule has 0 aromatic heterocycles. The quantitative estimate of drug-likeness (QED) is 0.895. The molecule has 1 saturated heterocycles. The van der Waals surface area contributed by atoms with Gasteiger partial charge in [0, 0.05) is 5.92 Å². The highest BCUT2D eigenvalue weighted by Crippen LogP contribution is 2.50. The summed E-state index contributed by atoms with van der Waals surface area (Å²) in [7, 11) is 0. The molecule has 20 heavy (non-hydrogen) atoms. The summed E-state index contributed by atoms with van der Waals surface area (Å²) in [4.78, 5) is 0. The lowest BCUT2D eigenvalue weighted by Crippen LogP contribution is -2.33. The van der Waals surface area contributed by atoms with Gasteiger partial charge < -0.3 is 9.84 Å². The van der Waals surface area contributed by atoms with Crippen LogP contribution in [0.4, 0.5) is 0 Å². The second kappa shape index (κ2) is 4.57. The van der Waals surface area contributed by atoms with E-state index in [2.05, 4.69) is 45.9 Å². The van der Waals surface area contributed by atoms with Gasteiger partial charge in [-0.05, 0) is 64.0 Å². The molecule has 1 aliphatic carbocycles. The number of rotatable bonds is 3. The first-order valence-corrected chi connectivity index (χ1v) is 7.77. The molecule has 2 aliphatic rings. The Kier molecular flexibility index (Phi) is 3.22. The molecule has 0 amide bonds. The molecule has 1 aliphatic heterocycles. The zero-order valence-electron chi connectivity index (χ0n) is 13.0. The van der Waals surface area contributed by atoms with E-state index in [4.69, 9.17) is 4.74 Å². The summed E-state index contributed by atoms with van der Waals surface area (Å²) < 4.78 is 6.15. The van der Waals surface area contributed by atoms with Crippen molar-refractivity contribution in [3.8, 4) is 0 Å². The van der Waals surface area contributed by atoms with E-state index >= 15 is 0 Å². The molecule has 0 bridgehead atoms. The maximum Gasteiger partial charge on any atom is 0.0849 e. The van der Waals surface area contributed by atoms with Crippen molar-refractivity contribution in [3.63, 3.8) is 0 Å². The average molecular weight is 274 g/mol. The van der Waals surface area contributed by atoms with Crippen LogP contribution in [0.3, 0.4) is 0 Å². The molecule has 1 N–H and O–H groups in total. The molecule has 2 nitrogen and oxygen atoms in total. The van der Waals surface area contributed by atoms with Crippen molar-refractivity contribution in [3.05, 3.63) is 35.4 Å². The largest absolute Gasteiger partial charge is 0.388 e. The molecule has 2 fully saturated rings. The Morgan fingerprint density at radius 1 is 1.15 bits per heavy atom. The molecule has 0 spiro atoms. The number of aliphatic hydroxyl groups is 1. The zero-order valence-corrected chi connectivity index (χ0v) is 13.0. The van der Waals surface area contributed by atoms with Gasteiger partial charge in [-0.3, -0.25) is 0 Å². The van der Waals surface area contributed by atoms with E-state index in [-0.39, 0.29) is 17.1 Å². The number of benzene rings is 1. The molecular weight excluding hydrogens is 248 g/mol. The minimum atomic E-state index is -0.427. The maximum absolute atomic E-state index is 11.0. The van der Waals surface area contributed by atoms with Crippen LogP contribution < -0.4 is 0 Å². The molecule has 1 aromatic rings. The Bertz CT molecular complexity index is 500. The first kappa shape index (κ1) is 14.1. The SMILES string of the molecule is CC1(C)CC(C(O)c2ccccc2C2CC2)C(C)(C)O1. The Labute approximate surface area is 122 Å². The Balaban J connectivity index is 1.91. The summed E-state index contributed by atoms with van der Waals surface area (Å²) in [5.41, 5.74) is 2.04. The molecule has 2 heteroatoms. The van der Waals surface area contributed by atoms with Crippen molar-refractivity contribution in [2.45, 2.75) is 70.2 Å². The number of ether oxygens (including phenoxy) is 1. The van der Waals surface area contributed by atoms with Gasteiger partial charge in [-0.25, -0.2) is 0 Å². The number of hydrogen-bond acceptors (Lipinski definition) is 2. The van der Waals surface area contributed by atoms with E-state index in [1.54, 1.807) is 0 Å². The highest BCUT2D eigenvalue weighted by atomic mass is 16.5. The molecule has 2 atom stereocenters. The summed E-state index contributed by atoms with van der Waals surface area (Å²) >= 11 is 0. The predicted molar refractivity (Wildman–Crippen MR) is 80.7 cm³/mol. The van der Waals surface area contributed by atoms with E-state index in [1.807, 2.05) is 6.07 Å². The van der Waals surface area contributed by atoms with Crippen LogP contribution in [-0.2, 0) is 4.74 Å². The van der Waals surface area contributed by atoms with Crippen molar-refractivity contribution < 1.29 is 9.84 Å². The van der Waals surface area contributed by atoms with Gasteiger partial charge in [-0.1, -0.05) is 24.3 Å². The third kappa shape index (κ3) is 2.51. The van der Waals surface area contributed by atoms with E-state index < -0.39 is 6.10 Å². The van der Waals surface area contributed by atoms with Gasteiger partial charge in [0.1, 0.15) is 0 Å². The van der Waals surface area contributed by atoms with Crippen LogP contribution in [0.15, 0.2) is 24.3 Å². The normalized spacial score (nSPS) is 29.4. The van der Waals surface area contributed by atoms with Crippen LogP contribution in [0.1, 0.15) is 70.1 Å². The smallest absolute Gasteiger partial charge is 0.0849 e. The van der Waals surface area contributed by atoms with Crippen molar-refractivity contribution in [1.29, 1.82) is 0 Å². The van der Waals surface area contributed by atoms with Gasteiger partial charge in [0.15, 0.2) is 0 Å². The summed E-state index contributed by atoms with van der Waals surface area (Å²) in [6.45, 7) is 8.45. The lowest BCUT2D eigenvalue weighted by Gasteiger charge is -2.31. The van der Waals surface area contributed by atoms with Crippen molar-refractivity contribution in [1.82, 2.24) is 0 Å². The minimum Gasteiger partial charge on any atom is -0.388 e. The Morgan fingerprint density at radius 3 is 2.35 bits per heavy atom. The standard InChI is InChI=1S/C18H26O2/c1-17(2)11-15(18(3,4)20-17)16(19)14-8-6-5-7-13(14)12-9-10-12/h5-8,12,15-16,19H,9-11H2,1-4H3. The van der Waals surface area contributed by atoms with Crippen LogP contribution in [-0.4, -0.2) is 16.3 Å². The highest BCUT2D eigenvalue weighted by Gasteiger charge is 2.49. The van der Waals surface area contributed by atoms with Crippen LogP contribution in [0.5, 0.6) is 0 Å². The molecule has 1 saturated carbocycles. The molecule has 1 heterocycles. The minimum absolute atomic E-state index is 0.149. The monoisotopic (exact) mass is 274 g/mol. The zero-order chi connectivity index (χ0) is 14.5. The topological polar surface area (TPSA) is 29.5 Å². The van der Waals surface area contributed by atoms with Gasteiger partial charge in [0.05, 0.1) is 17.3 Å². The fourth-order valence-electron chi connectivity index (χ4n) is 3.86. The average Bonchev–Trinajstić information content (AvgIpc) is 3.15. The third-order valence-electron chi connectivity index (χ3n) is 4.86. The van der Waals surface area contributed by atoms with Crippen LogP contribution >= 0.6 is 0 Å². The van der Waals surface area contributed by atoms with Gasteiger partial charge in [-0.2, -0.15) is 0 Å². The number of hydrogen-bond donors (Lipinski definition) is 1. The summed E-state index contributed by atoms with van der Waals surface area (Å²) in [5, 5.41) is 11.0. The molecule has 0 radical (unpaired) electrons. The van der Waals surface area contributed by atoms with E-state index in [0.29, 0.717) is 5.92 Å². The summed E-state index contributed by atoms with van der Waals surface area (Å²) in [6, 6.07) is 8.41. The lowest BCUT2D eigenvalue weighted by atomic mass is 9.79. The molecule has 3 rings (SSSR count). The molecular formula is C18H26O2. The number of aliphatic hydroxyl groups excluding tert-OH is 1. The van der Waals surface area contributed by atoms with Gasteiger partial charge >= 0.3 is 0 Å². The van der Waals surface area contributed by atoms with Gasteiger partial charge in [0.2, 0.25) is 0 Å². The first-order chi connectivity index (χ1) is 9.30. The third-order valence-corrected chi connectivity index (χ3v) is 4.86. The van der Waals surface area contributed by atoms with Crippen molar-refractivity contribution in [2.75, 3.05) is 0 Å². The van der Waals surface area contributed by atoms with Gasteiger partial charge in [0.25, 0.3) is 0 Å². The van der Waals surface area contributed by atoms with E-state index in [1.165, 1.54) is 18.4 Å². The second-order valence-electron chi connectivity index (χ2n) is 7.62. The van der Waals surface area contributed by atoms with Crippen LogP contribution in [0.2, 0.25) is 0 Å². The van der Waals surface area contributed by atoms with Crippen molar-refractivity contribution >= 4 is 0 Å². The van der Waals surface area contributed by atoms with Crippen molar-refractivity contribution in [2.24, 2.45) is 5.92 Å². The predicted octanol–water partition coefficient (Wildman–Crippen LogP) is 4.19. The molecule has 110 valence electrons. The summed E-state index contributed by atoms with van der Waals surface area (Å²) in [5.74, 6) is 0.816. The van der Waals surface area contributed by atoms with Crippen LogP contribution in [0.25, 0.3) is 0 Å². The highest BCUT2D eigenvalue weighted by molar-refractivity contribution is 5.35. The lowest BCUT2D eigenvalue weighted by molar-refractivity contribution is -0.0881. The van der Waals surface area contributed by atoms with Crippen LogP contribution in [0, 0.1) is 5.92 Å². The fraction of sp³-hybridized carbons (Fsp3) is 0.667. The van der Waals surface area contributed by atoms with E-state index in [0.717, 1.165) is 12.0 Å². The van der Waals surface area contributed by atoms with E-state index in [9.17, 15) is 5.11 Å². The first-order valence-electron chi connectivity index (χ1n) is 7.77. The Hall–Kier alpha value is -0.860. The molecule has 1 aromatic carbocycles. The Morgan fingerprint density at radius 2 is 1.80 bits per heavy atom. The molecule has 2 unspecified atom stereocenters. The fourth-order valence-corrected chi connectivity index (χ4v) is 3.86. The summed E-state index contributed by atoms with van der Waals surface area (Å²) in [6.07, 6.45) is 3.00. The van der Waals surface area contributed by atoms with Gasteiger partial charge in [-0.15, -0.1) is 0 Å². The maximum atomic E-state index is 11.0. The second-order valence-corrected chi connectivity index (χ2v) is 7.62.